The predicted octanol–water partition coefficient (Wildman–Crippen LogP) is 3.34. The van der Waals surface area contributed by atoms with Gasteiger partial charge in [-0.3, -0.25) is 4.99 Å². The van der Waals surface area contributed by atoms with Crippen LogP contribution in [0, 0.1) is 0 Å². The lowest BCUT2D eigenvalue weighted by Gasteiger charge is -2.11. The minimum absolute atomic E-state index is 0. The van der Waals surface area contributed by atoms with Crippen LogP contribution >= 0.6 is 35.6 Å². The van der Waals surface area contributed by atoms with Crippen LogP contribution in [0.2, 0.25) is 5.02 Å². The number of benzene rings is 1. The van der Waals surface area contributed by atoms with Crippen molar-refractivity contribution in [2.75, 3.05) is 19.6 Å². The SMILES string of the molecule is CCNC(=NCCCn1ccnc1)NCCc1ccc(Cl)cc1.I. The second-order valence-corrected chi connectivity index (χ2v) is 5.65. The Balaban J connectivity index is 0.00000288. The number of aromatic nitrogens is 2. The second-order valence-electron chi connectivity index (χ2n) is 5.22. The standard InChI is InChI=1S/C17H24ClN5.HI/c1-2-20-17(21-9-3-12-23-13-11-19-14-23)22-10-8-15-4-6-16(18)7-5-15;/h4-7,11,13-14H,2-3,8-10,12H2,1H3,(H2,20,21,22);1H. The summed E-state index contributed by atoms with van der Waals surface area (Å²) in [6, 6.07) is 7.96. The molecule has 0 saturated carbocycles. The number of aliphatic imine (C=N–C) groups is 1. The molecule has 0 aliphatic carbocycles. The molecular weight excluding hydrogens is 437 g/mol. The lowest BCUT2D eigenvalue weighted by molar-refractivity contribution is 0.647. The van der Waals surface area contributed by atoms with Crippen molar-refractivity contribution >= 4 is 41.5 Å². The summed E-state index contributed by atoms with van der Waals surface area (Å²) in [5, 5.41) is 7.41. The molecule has 2 N–H and O–H groups in total. The first-order chi connectivity index (χ1) is 11.3. The van der Waals surface area contributed by atoms with Crippen LogP contribution in [0.4, 0.5) is 0 Å². The Bertz CT molecular complexity index is 584. The number of guanidine groups is 1. The molecule has 0 spiro atoms. The Kier molecular flexibility index (Phi) is 10.5. The summed E-state index contributed by atoms with van der Waals surface area (Å²) in [6.07, 6.45) is 7.53. The molecule has 0 amide bonds. The maximum absolute atomic E-state index is 5.89. The van der Waals surface area contributed by atoms with Gasteiger partial charge in [0.25, 0.3) is 0 Å². The first kappa shape index (κ1) is 20.8. The van der Waals surface area contributed by atoms with Gasteiger partial charge in [-0.15, -0.1) is 24.0 Å². The van der Waals surface area contributed by atoms with Crippen molar-refractivity contribution in [2.45, 2.75) is 26.3 Å². The largest absolute Gasteiger partial charge is 0.357 e. The van der Waals surface area contributed by atoms with Crippen LogP contribution < -0.4 is 10.6 Å². The van der Waals surface area contributed by atoms with Gasteiger partial charge in [-0.2, -0.15) is 0 Å². The lowest BCUT2D eigenvalue weighted by atomic mass is 10.1. The van der Waals surface area contributed by atoms with E-state index in [1.807, 2.05) is 24.7 Å². The van der Waals surface area contributed by atoms with Crippen LogP contribution in [0.3, 0.4) is 0 Å². The molecule has 1 aromatic carbocycles. The molecule has 0 saturated heterocycles. The molecule has 0 radical (unpaired) electrons. The van der Waals surface area contributed by atoms with E-state index in [9.17, 15) is 0 Å². The topological polar surface area (TPSA) is 54.2 Å². The molecule has 7 heteroatoms. The van der Waals surface area contributed by atoms with Crippen molar-refractivity contribution in [3.63, 3.8) is 0 Å². The van der Waals surface area contributed by atoms with E-state index < -0.39 is 0 Å². The normalized spacial score (nSPS) is 11.0. The monoisotopic (exact) mass is 461 g/mol. The van der Waals surface area contributed by atoms with Crippen molar-refractivity contribution in [1.29, 1.82) is 0 Å². The van der Waals surface area contributed by atoms with Gasteiger partial charge in [0, 0.05) is 43.6 Å². The molecule has 0 atom stereocenters. The lowest BCUT2D eigenvalue weighted by Crippen LogP contribution is -2.38. The van der Waals surface area contributed by atoms with Crippen molar-refractivity contribution in [1.82, 2.24) is 20.2 Å². The molecular formula is C17H25ClIN5. The van der Waals surface area contributed by atoms with E-state index in [1.165, 1.54) is 5.56 Å². The van der Waals surface area contributed by atoms with Crippen LogP contribution in [-0.2, 0) is 13.0 Å². The molecule has 132 valence electrons. The molecule has 1 aromatic heterocycles. The average Bonchev–Trinajstić information content (AvgIpc) is 3.07. The van der Waals surface area contributed by atoms with E-state index in [0.29, 0.717) is 0 Å². The minimum Gasteiger partial charge on any atom is -0.357 e. The molecule has 2 aromatic rings. The van der Waals surface area contributed by atoms with Crippen LogP contribution in [0.25, 0.3) is 0 Å². The Hall–Kier alpha value is -1.28. The number of nitrogens with zero attached hydrogens (tertiary/aromatic N) is 3. The van der Waals surface area contributed by atoms with Gasteiger partial charge < -0.3 is 15.2 Å². The first-order valence-electron chi connectivity index (χ1n) is 8.00. The van der Waals surface area contributed by atoms with Crippen LogP contribution in [0.15, 0.2) is 48.0 Å². The van der Waals surface area contributed by atoms with Crippen molar-refractivity contribution in [3.8, 4) is 0 Å². The highest BCUT2D eigenvalue weighted by Crippen LogP contribution is 2.09. The van der Waals surface area contributed by atoms with Gasteiger partial charge in [-0.1, -0.05) is 23.7 Å². The van der Waals surface area contributed by atoms with Gasteiger partial charge in [-0.05, 0) is 37.5 Å². The minimum atomic E-state index is 0. The zero-order valence-electron chi connectivity index (χ0n) is 13.9. The summed E-state index contributed by atoms with van der Waals surface area (Å²) in [7, 11) is 0. The highest BCUT2D eigenvalue weighted by atomic mass is 127. The summed E-state index contributed by atoms with van der Waals surface area (Å²) in [5.41, 5.74) is 1.26. The van der Waals surface area contributed by atoms with Gasteiger partial charge in [0.15, 0.2) is 5.96 Å². The molecule has 0 aliphatic rings. The summed E-state index contributed by atoms with van der Waals surface area (Å²) < 4.78 is 2.07. The fourth-order valence-electron chi connectivity index (χ4n) is 2.18. The van der Waals surface area contributed by atoms with Crippen molar-refractivity contribution in [3.05, 3.63) is 53.6 Å². The fraction of sp³-hybridized carbons (Fsp3) is 0.412. The summed E-state index contributed by atoms with van der Waals surface area (Å²) in [4.78, 5) is 8.63. The molecule has 2 rings (SSSR count). The van der Waals surface area contributed by atoms with Gasteiger partial charge in [0.1, 0.15) is 0 Å². The second kappa shape index (κ2) is 12.1. The third-order valence-corrected chi connectivity index (χ3v) is 3.62. The maximum atomic E-state index is 5.89. The predicted molar refractivity (Wildman–Crippen MR) is 111 cm³/mol. The molecule has 0 aliphatic heterocycles. The van der Waals surface area contributed by atoms with Crippen LogP contribution in [0.1, 0.15) is 18.9 Å². The molecule has 0 fully saturated rings. The molecule has 24 heavy (non-hydrogen) atoms. The Morgan fingerprint density at radius 3 is 2.71 bits per heavy atom. The maximum Gasteiger partial charge on any atom is 0.191 e. The highest BCUT2D eigenvalue weighted by molar-refractivity contribution is 14.0. The van der Waals surface area contributed by atoms with Gasteiger partial charge in [-0.25, -0.2) is 4.98 Å². The van der Waals surface area contributed by atoms with Gasteiger partial charge in [0.2, 0.25) is 0 Å². The molecule has 0 bridgehead atoms. The first-order valence-corrected chi connectivity index (χ1v) is 8.38. The number of hydrogen-bond acceptors (Lipinski definition) is 2. The number of rotatable bonds is 8. The third-order valence-electron chi connectivity index (χ3n) is 3.37. The quantitative estimate of drug-likeness (QED) is 0.274. The molecule has 0 unspecified atom stereocenters. The van der Waals surface area contributed by atoms with Gasteiger partial charge >= 0.3 is 0 Å². The molecule has 1 heterocycles. The van der Waals surface area contributed by atoms with E-state index in [1.54, 1.807) is 6.20 Å². The van der Waals surface area contributed by atoms with Crippen LogP contribution in [-0.4, -0.2) is 35.1 Å². The van der Waals surface area contributed by atoms with E-state index >= 15 is 0 Å². The zero-order valence-corrected chi connectivity index (χ0v) is 17.0. The van der Waals surface area contributed by atoms with Crippen molar-refractivity contribution in [2.24, 2.45) is 4.99 Å². The van der Waals surface area contributed by atoms with Crippen molar-refractivity contribution < 1.29 is 0 Å². The number of hydrogen-bond donors (Lipinski definition) is 2. The zero-order chi connectivity index (χ0) is 16.3. The molecule has 5 nitrogen and oxygen atoms in total. The summed E-state index contributed by atoms with van der Waals surface area (Å²) in [5.74, 6) is 0.868. The Morgan fingerprint density at radius 1 is 1.25 bits per heavy atom. The van der Waals surface area contributed by atoms with E-state index in [4.69, 9.17) is 11.6 Å². The smallest absolute Gasteiger partial charge is 0.191 e. The van der Waals surface area contributed by atoms with Crippen LogP contribution in [0.5, 0.6) is 0 Å². The summed E-state index contributed by atoms with van der Waals surface area (Å²) >= 11 is 5.89. The highest BCUT2D eigenvalue weighted by Gasteiger charge is 1.98. The number of aryl methyl sites for hydroxylation is 1. The number of halogens is 2. The number of nitrogens with one attached hydrogen (secondary N) is 2. The van der Waals surface area contributed by atoms with E-state index in [-0.39, 0.29) is 24.0 Å². The Morgan fingerprint density at radius 2 is 2.04 bits per heavy atom. The Labute approximate surface area is 165 Å². The third kappa shape index (κ3) is 8.01. The van der Waals surface area contributed by atoms with Gasteiger partial charge in [0.05, 0.1) is 6.33 Å². The fourth-order valence-corrected chi connectivity index (χ4v) is 2.31. The summed E-state index contributed by atoms with van der Waals surface area (Å²) in [6.45, 7) is 5.49. The number of imidazole rings is 1. The average molecular weight is 462 g/mol. The van der Waals surface area contributed by atoms with E-state index in [2.05, 4.69) is 44.2 Å². The van der Waals surface area contributed by atoms with E-state index in [0.717, 1.165) is 50.0 Å².